The zero-order valence-corrected chi connectivity index (χ0v) is 13.5. The Bertz CT molecular complexity index is 440. The molecule has 0 bridgehead atoms. The van der Waals surface area contributed by atoms with Gasteiger partial charge in [0, 0.05) is 24.8 Å². The lowest BCUT2D eigenvalue weighted by Crippen LogP contribution is -2.47. The Morgan fingerprint density at radius 1 is 1.24 bits per heavy atom. The minimum atomic E-state index is 0.389. The Hall–Kier alpha value is -1.09. The molecule has 0 amide bonds. The number of nitrogens with zero attached hydrogens (tertiary/aromatic N) is 2. The van der Waals surface area contributed by atoms with Gasteiger partial charge in [0.1, 0.15) is 5.82 Å². The number of rotatable bonds is 4. The molecule has 3 nitrogen and oxygen atoms in total. The van der Waals surface area contributed by atoms with Crippen LogP contribution in [0.4, 0.5) is 5.82 Å². The maximum absolute atomic E-state index is 4.78. The molecule has 3 unspecified atom stereocenters. The van der Waals surface area contributed by atoms with Crippen molar-refractivity contribution in [3.63, 3.8) is 0 Å². The molecule has 1 aromatic rings. The van der Waals surface area contributed by atoms with Crippen LogP contribution in [-0.4, -0.2) is 24.1 Å². The average Bonchev–Trinajstić information content (AvgIpc) is 2.55. The van der Waals surface area contributed by atoms with Crippen LogP contribution in [0.25, 0.3) is 0 Å². The van der Waals surface area contributed by atoms with Crippen molar-refractivity contribution < 1.29 is 0 Å². The predicted molar refractivity (Wildman–Crippen MR) is 88.7 cm³/mol. The molecule has 1 N–H and O–H groups in total. The Balaban J connectivity index is 1.73. The summed E-state index contributed by atoms with van der Waals surface area (Å²) >= 11 is 0. The first-order chi connectivity index (χ1) is 10.3. The van der Waals surface area contributed by atoms with Crippen molar-refractivity contribution in [3.8, 4) is 0 Å². The highest BCUT2D eigenvalue weighted by molar-refractivity contribution is 5.42. The SMILES string of the molecule is CCNC(C)c1ccc(N2CCCC3CCCCC32)nc1. The topological polar surface area (TPSA) is 28.2 Å². The van der Waals surface area contributed by atoms with E-state index in [1.807, 2.05) is 0 Å². The van der Waals surface area contributed by atoms with Crippen molar-refractivity contribution in [1.29, 1.82) is 0 Å². The Morgan fingerprint density at radius 2 is 2.05 bits per heavy atom. The third-order valence-electron chi connectivity index (χ3n) is 5.32. The van der Waals surface area contributed by atoms with E-state index in [1.165, 1.54) is 56.5 Å². The van der Waals surface area contributed by atoms with Gasteiger partial charge in [-0.2, -0.15) is 0 Å². The summed E-state index contributed by atoms with van der Waals surface area (Å²) in [4.78, 5) is 7.37. The number of piperidine rings is 1. The van der Waals surface area contributed by atoms with Gasteiger partial charge >= 0.3 is 0 Å². The number of fused-ring (bicyclic) bond motifs is 1. The zero-order valence-electron chi connectivity index (χ0n) is 13.5. The van der Waals surface area contributed by atoms with Crippen LogP contribution < -0.4 is 10.2 Å². The predicted octanol–water partition coefficient (Wildman–Crippen LogP) is 3.91. The molecular formula is C18H29N3. The molecule has 2 heterocycles. The lowest BCUT2D eigenvalue weighted by molar-refractivity contribution is 0.242. The van der Waals surface area contributed by atoms with E-state index in [9.17, 15) is 0 Å². The Morgan fingerprint density at radius 3 is 2.81 bits per heavy atom. The fourth-order valence-corrected chi connectivity index (χ4v) is 4.16. The van der Waals surface area contributed by atoms with E-state index in [0.717, 1.165) is 18.5 Å². The maximum Gasteiger partial charge on any atom is 0.128 e. The van der Waals surface area contributed by atoms with Crippen LogP contribution in [0.3, 0.4) is 0 Å². The summed E-state index contributed by atoms with van der Waals surface area (Å²) in [7, 11) is 0. The monoisotopic (exact) mass is 287 g/mol. The second kappa shape index (κ2) is 6.78. The summed E-state index contributed by atoms with van der Waals surface area (Å²) in [5.41, 5.74) is 1.29. The summed E-state index contributed by atoms with van der Waals surface area (Å²) in [5.74, 6) is 2.11. The van der Waals surface area contributed by atoms with Gasteiger partial charge in [0.2, 0.25) is 0 Å². The van der Waals surface area contributed by atoms with Gasteiger partial charge in [-0.15, -0.1) is 0 Å². The van der Waals surface area contributed by atoms with Crippen molar-refractivity contribution in [3.05, 3.63) is 23.9 Å². The third kappa shape index (κ3) is 3.23. The van der Waals surface area contributed by atoms with E-state index in [1.54, 1.807) is 0 Å². The van der Waals surface area contributed by atoms with Crippen LogP contribution in [0.1, 0.15) is 64.0 Å². The zero-order chi connectivity index (χ0) is 14.7. The quantitative estimate of drug-likeness (QED) is 0.910. The van der Waals surface area contributed by atoms with E-state index < -0.39 is 0 Å². The number of pyridine rings is 1. The van der Waals surface area contributed by atoms with Gasteiger partial charge in [-0.1, -0.05) is 25.8 Å². The van der Waals surface area contributed by atoms with Gasteiger partial charge in [-0.3, -0.25) is 0 Å². The highest BCUT2D eigenvalue weighted by Gasteiger charge is 2.33. The minimum Gasteiger partial charge on any atom is -0.353 e. The van der Waals surface area contributed by atoms with Crippen LogP contribution >= 0.6 is 0 Å². The van der Waals surface area contributed by atoms with Crippen LogP contribution in [0.15, 0.2) is 18.3 Å². The molecule has 1 aromatic heterocycles. The minimum absolute atomic E-state index is 0.389. The second-order valence-electron chi connectivity index (χ2n) is 6.68. The summed E-state index contributed by atoms with van der Waals surface area (Å²) in [6.45, 7) is 6.54. The van der Waals surface area contributed by atoms with Crippen molar-refractivity contribution in [2.75, 3.05) is 18.0 Å². The highest BCUT2D eigenvalue weighted by atomic mass is 15.2. The fraction of sp³-hybridized carbons (Fsp3) is 0.722. The number of hydrogen-bond acceptors (Lipinski definition) is 3. The lowest BCUT2D eigenvalue weighted by Gasteiger charge is -2.44. The first-order valence-electron chi connectivity index (χ1n) is 8.75. The first kappa shape index (κ1) is 14.8. The second-order valence-corrected chi connectivity index (χ2v) is 6.68. The Labute approximate surface area is 129 Å². The molecule has 3 rings (SSSR count). The standard InChI is InChI=1S/C18H29N3/c1-3-19-14(2)16-10-11-18(20-13-16)21-12-6-8-15-7-4-5-9-17(15)21/h10-11,13-15,17,19H,3-9,12H2,1-2H3. The molecule has 0 spiro atoms. The molecule has 1 saturated heterocycles. The van der Waals surface area contributed by atoms with E-state index in [4.69, 9.17) is 4.98 Å². The van der Waals surface area contributed by atoms with Crippen LogP contribution in [0.5, 0.6) is 0 Å². The van der Waals surface area contributed by atoms with E-state index in [0.29, 0.717) is 6.04 Å². The molecule has 3 heteroatoms. The molecule has 1 aliphatic carbocycles. The average molecular weight is 287 g/mol. The number of aromatic nitrogens is 1. The fourth-order valence-electron chi connectivity index (χ4n) is 4.16. The highest BCUT2D eigenvalue weighted by Crippen LogP contribution is 2.37. The maximum atomic E-state index is 4.78. The number of nitrogens with one attached hydrogen (secondary N) is 1. The van der Waals surface area contributed by atoms with Gasteiger partial charge < -0.3 is 10.2 Å². The lowest BCUT2D eigenvalue weighted by atomic mass is 9.78. The molecule has 21 heavy (non-hydrogen) atoms. The Kier molecular flexibility index (Phi) is 4.79. The van der Waals surface area contributed by atoms with E-state index >= 15 is 0 Å². The summed E-state index contributed by atoms with van der Waals surface area (Å²) < 4.78 is 0. The molecule has 1 saturated carbocycles. The van der Waals surface area contributed by atoms with E-state index in [2.05, 4.69) is 42.4 Å². The summed E-state index contributed by atoms with van der Waals surface area (Å²) in [5, 5.41) is 3.45. The van der Waals surface area contributed by atoms with Gasteiger partial charge in [0.05, 0.1) is 0 Å². The van der Waals surface area contributed by atoms with Crippen LogP contribution in [0.2, 0.25) is 0 Å². The van der Waals surface area contributed by atoms with Gasteiger partial charge in [0.15, 0.2) is 0 Å². The molecule has 3 atom stereocenters. The van der Waals surface area contributed by atoms with Crippen LogP contribution in [0, 0.1) is 5.92 Å². The molecule has 1 aliphatic heterocycles. The first-order valence-corrected chi connectivity index (χ1v) is 8.75. The van der Waals surface area contributed by atoms with E-state index in [-0.39, 0.29) is 0 Å². The van der Waals surface area contributed by atoms with Crippen molar-refractivity contribution in [1.82, 2.24) is 10.3 Å². The van der Waals surface area contributed by atoms with Crippen molar-refractivity contribution >= 4 is 5.82 Å². The molecule has 2 fully saturated rings. The molecule has 0 aromatic carbocycles. The summed E-state index contributed by atoms with van der Waals surface area (Å²) in [6.07, 6.45) is 10.4. The normalized spacial score (nSPS) is 27.2. The smallest absolute Gasteiger partial charge is 0.128 e. The molecular weight excluding hydrogens is 258 g/mol. The van der Waals surface area contributed by atoms with Gasteiger partial charge in [-0.05, 0) is 56.7 Å². The molecule has 116 valence electrons. The largest absolute Gasteiger partial charge is 0.353 e. The third-order valence-corrected chi connectivity index (χ3v) is 5.32. The van der Waals surface area contributed by atoms with Gasteiger partial charge in [0.25, 0.3) is 0 Å². The van der Waals surface area contributed by atoms with Crippen molar-refractivity contribution in [2.24, 2.45) is 5.92 Å². The number of hydrogen-bond donors (Lipinski definition) is 1. The molecule has 0 radical (unpaired) electrons. The molecule has 2 aliphatic rings. The summed E-state index contributed by atoms with van der Waals surface area (Å²) in [6, 6.07) is 5.62. The number of anilines is 1. The van der Waals surface area contributed by atoms with Gasteiger partial charge in [-0.25, -0.2) is 4.98 Å². The van der Waals surface area contributed by atoms with Crippen LogP contribution in [-0.2, 0) is 0 Å². The van der Waals surface area contributed by atoms with Crippen molar-refractivity contribution in [2.45, 2.75) is 64.5 Å².